The van der Waals surface area contributed by atoms with E-state index in [2.05, 4.69) is 22.5 Å². The summed E-state index contributed by atoms with van der Waals surface area (Å²) in [6, 6.07) is 9.98. The maximum absolute atomic E-state index is 12.2. The fourth-order valence-electron chi connectivity index (χ4n) is 2.06. The van der Waals surface area contributed by atoms with E-state index in [1.807, 2.05) is 37.3 Å². The molecule has 0 aliphatic rings. The molecule has 0 saturated carbocycles. The predicted molar refractivity (Wildman–Crippen MR) is 90.0 cm³/mol. The largest absolute Gasteiger partial charge is 0.384 e. The van der Waals surface area contributed by atoms with E-state index in [-0.39, 0.29) is 5.91 Å². The van der Waals surface area contributed by atoms with E-state index in [9.17, 15) is 4.79 Å². The molecule has 0 fully saturated rings. The lowest BCUT2D eigenvalue weighted by atomic mass is 10.1. The topological polar surface area (TPSA) is 54.0 Å². The summed E-state index contributed by atoms with van der Waals surface area (Å²) >= 11 is 0. The van der Waals surface area contributed by atoms with E-state index < -0.39 is 0 Å². The highest BCUT2D eigenvalue weighted by Gasteiger charge is 2.06. The second-order valence-corrected chi connectivity index (χ2v) is 5.41. The number of anilines is 1. The van der Waals surface area contributed by atoms with Crippen LogP contribution in [0, 0.1) is 6.92 Å². The van der Waals surface area contributed by atoms with Gasteiger partial charge in [-0.2, -0.15) is 0 Å². The number of aryl methyl sites for hydroxylation is 1. The lowest BCUT2D eigenvalue weighted by Crippen LogP contribution is -2.23. The zero-order valence-corrected chi connectivity index (χ0v) is 13.2. The molecule has 2 N–H and O–H groups in total. The monoisotopic (exact) mass is 297 g/mol. The second-order valence-electron chi connectivity index (χ2n) is 5.41. The van der Waals surface area contributed by atoms with Crippen LogP contribution in [0.15, 0.2) is 42.7 Å². The molecule has 1 aromatic carbocycles. The molecule has 4 nitrogen and oxygen atoms in total. The lowest BCUT2D eigenvalue weighted by molar-refractivity contribution is 0.0950. The minimum atomic E-state index is -0.104. The predicted octanol–water partition coefficient (Wildman–Crippen LogP) is 3.53. The number of unbranched alkanes of at least 4 members (excludes halogenated alkanes) is 1. The van der Waals surface area contributed by atoms with Crippen molar-refractivity contribution >= 4 is 11.6 Å². The highest BCUT2D eigenvalue weighted by Crippen LogP contribution is 2.09. The number of carbonyl (C=O) groups excluding carboxylic acids is 1. The third-order valence-corrected chi connectivity index (χ3v) is 3.43. The molecule has 2 aromatic rings. The Morgan fingerprint density at radius 3 is 2.68 bits per heavy atom. The maximum Gasteiger partial charge on any atom is 0.253 e. The number of hydrogen-bond acceptors (Lipinski definition) is 3. The zero-order valence-electron chi connectivity index (χ0n) is 13.2. The fourth-order valence-corrected chi connectivity index (χ4v) is 2.06. The number of nitrogens with zero attached hydrogens (tertiary/aromatic N) is 1. The standard InChI is InChI=1S/C18H23N3O/c1-3-4-9-20-17-10-16(12-19-13-17)18(22)21-11-15-7-5-14(2)6-8-15/h5-8,10,12-13,20H,3-4,9,11H2,1-2H3,(H,21,22). The molecule has 22 heavy (non-hydrogen) atoms. The highest BCUT2D eigenvalue weighted by atomic mass is 16.1. The molecule has 0 saturated heterocycles. The lowest BCUT2D eigenvalue weighted by Gasteiger charge is -2.08. The SMILES string of the molecule is CCCCNc1cncc(C(=O)NCc2ccc(C)cc2)c1. The van der Waals surface area contributed by atoms with Crippen LogP contribution in [-0.2, 0) is 6.54 Å². The molecule has 1 aromatic heterocycles. The summed E-state index contributed by atoms with van der Waals surface area (Å²) in [5, 5.41) is 6.20. The van der Waals surface area contributed by atoms with Crippen LogP contribution in [0.25, 0.3) is 0 Å². The van der Waals surface area contributed by atoms with Crippen molar-refractivity contribution in [3.63, 3.8) is 0 Å². The van der Waals surface area contributed by atoms with Crippen LogP contribution in [0.5, 0.6) is 0 Å². The van der Waals surface area contributed by atoms with Gasteiger partial charge in [0.2, 0.25) is 0 Å². The first-order chi connectivity index (χ1) is 10.7. The number of rotatable bonds is 7. The van der Waals surface area contributed by atoms with Crippen molar-refractivity contribution in [3.05, 3.63) is 59.4 Å². The first-order valence-electron chi connectivity index (χ1n) is 7.71. The van der Waals surface area contributed by atoms with Crippen LogP contribution in [0.2, 0.25) is 0 Å². The number of nitrogens with one attached hydrogen (secondary N) is 2. The highest BCUT2D eigenvalue weighted by molar-refractivity contribution is 5.94. The van der Waals surface area contributed by atoms with Gasteiger partial charge < -0.3 is 10.6 Å². The molecule has 0 aliphatic carbocycles. The van der Waals surface area contributed by atoms with Gasteiger partial charge in [-0.15, -0.1) is 0 Å². The van der Waals surface area contributed by atoms with Gasteiger partial charge in [0.15, 0.2) is 0 Å². The smallest absolute Gasteiger partial charge is 0.253 e. The van der Waals surface area contributed by atoms with Gasteiger partial charge in [-0.05, 0) is 25.0 Å². The fraction of sp³-hybridized carbons (Fsp3) is 0.333. The summed E-state index contributed by atoms with van der Waals surface area (Å²) in [4.78, 5) is 16.3. The molecule has 4 heteroatoms. The molecule has 0 bridgehead atoms. The normalized spacial score (nSPS) is 10.3. The molecular formula is C18H23N3O. The van der Waals surface area contributed by atoms with Crippen molar-refractivity contribution in [1.82, 2.24) is 10.3 Å². The van der Waals surface area contributed by atoms with Gasteiger partial charge >= 0.3 is 0 Å². The third kappa shape index (κ3) is 4.88. The van der Waals surface area contributed by atoms with Gasteiger partial charge in [-0.3, -0.25) is 9.78 Å². The molecule has 0 radical (unpaired) electrons. The Morgan fingerprint density at radius 2 is 1.95 bits per heavy atom. The van der Waals surface area contributed by atoms with Gasteiger partial charge in [0, 0.05) is 25.5 Å². The van der Waals surface area contributed by atoms with Crippen molar-refractivity contribution < 1.29 is 4.79 Å². The van der Waals surface area contributed by atoms with E-state index in [4.69, 9.17) is 0 Å². The minimum absolute atomic E-state index is 0.104. The van der Waals surface area contributed by atoms with Gasteiger partial charge in [0.25, 0.3) is 5.91 Å². The average molecular weight is 297 g/mol. The van der Waals surface area contributed by atoms with Gasteiger partial charge in [-0.25, -0.2) is 0 Å². The van der Waals surface area contributed by atoms with Crippen molar-refractivity contribution in [1.29, 1.82) is 0 Å². The molecule has 0 atom stereocenters. The molecule has 0 aliphatic heterocycles. The summed E-state index contributed by atoms with van der Waals surface area (Å²) in [5.41, 5.74) is 3.76. The van der Waals surface area contributed by atoms with Crippen LogP contribution < -0.4 is 10.6 Å². The van der Waals surface area contributed by atoms with Crippen LogP contribution >= 0.6 is 0 Å². The Labute approximate surface area is 132 Å². The number of amides is 1. The quantitative estimate of drug-likeness (QED) is 0.769. The molecule has 0 unspecified atom stereocenters. The van der Waals surface area contributed by atoms with Crippen molar-refractivity contribution in [2.75, 3.05) is 11.9 Å². The van der Waals surface area contributed by atoms with Gasteiger partial charge in [-0.1, -0.05) is 43.2 Å². The number of hydrogen-bond donors (Lipinski definition) is 2. The van der Waals surface area contributed by atoms with Crippen LogP contribution in [0.4, 0.5) is 5.69 Å². The van der Waals surface area contributed by atoms with Gasteiger partial charge in [0.05, 0.1) is 11.3 Å². The van der Waals surface area contributed by atoms with Gasteiger partial charge in [0.1, 0.15) is 0 Å². The van der Waals surface area contributed by atoms with E-state index >= 15 is 0 Å². The Balaban J connectivity index is 1.91. The summed E-state index contributed by atoms with van der Waals surface area (Å²) in [7, 11) is 0. The molecule has 1 amide bonds. The number of pyridine rings is 1. The number of benzene rings is 1. The Bertz CT molecular complexity index is 608. The molecule has 0 spiro atoms. The number of carbonyl (C=O) groups is 1. The second kappa shape index (κ2) is 8.17. The van der Waals surface area contributed by atoms with Crippen molar-refractivity contribution in [2.24, 2.45) is 0 Å². The average Bonchev–Trinajstić information content (AvgIpc) is 2.54. The third-order valence-electron chi connectivity index (χ3n) is 3.43. The molecule has 2 rings (SSSR count). The van der Waals surface area contributed by atoms with E-state index in [1.165, 1.54) is 5.56 Å². The summed E-state index contributed by atoms with van der Waals surface area (Å²) in [5.74, 6) is -0.104. The Morgan fingerprint density at radius 1 is 1.18 bits per heavy atom. The van der Waals surface area contributed by atoms with Crippen LogP contribution in [0.1, 0.15) is 41.3 Å². The summed E-state index contributed by atoms with van der Waals surface area (Å²) in [6.07, 6.45) is 5.57. The number of aromatic nitrogens is 1. The van der Waals surface area contributed by atoms with Crippen LogP contribution in [-0.4, -0.2) is 17.4 Å². The summed E-state index contributed by atoms with van der Waals surface area (Å²) < 4.78 is 0. The first kappa shape index (κ1) is 16.0. The van der Waals surface area contributed by atoms with Crippen molar-refractivity contribution in [3.8, 4) is 0 Å². The summed E-state index contributed by atoms with van der Waals surface area (Å²) in [6.45, 7) is 5.61. The molecular weight excluding hydrogens is 274 g/mol. The van der Waals surface area contributed by atoms with Crippen LogP contribution in [0.3, 0.4) is 0 Å². The Hall–Kier alpha value is -2.36. The Kier molecular flexibility index (Phi) is 5.95. The van der Waals surface area contributed by atoms with Crippen molar-refractivity contribution in [2.45, 2.75) is 33.2 Å². The maximum atomic E-state index is 12.2. The minimum Gasteiger partial charge on any atom is -0.384 e. The van der Waals surface area contributed by atoms with E-state index in [1.54, 1.807) is 12.4 Å². The first-order valence-corrected chi connectivity index (χ1v) is 7.71. The molecule has 1 heterocycles. The van der Waals surface area contributed by atoms with E-state index in [0.29, 0.717) is 12.1 Å². The zero-order chi connectivity index (χ0) is 15.8. The van der Waals surface area contributed by atoms with E-state index in [0.717, 1.165) is 30.6 Å². The molecule has 116 valence electrons.